The smallest absolute Gasteiger partial charge is 0.00609 e. The predicted octanol–water partition coefficient (Wildman–Crippen LogP) is 3.05. The summed E-state index contributed by atoms with van der Waals surface area (Å²) in [6.07, 6.45) is 7.34. The normalized spacial score (nSPS) is 19.6. The van der Waals surface area contributed by atoms with E-state index in [0.717, 1.165) is 5.25 Å². The Balaban J connectivity index is 1.92. The highest BCUT2D eigenvalue weighted by molar-refractivity contribution is 7.99. The van der Waals surface area contributed by atoms with Gasteiger partial charge in [-0.25, -0.2) is 0 Å². The molecule has 0 aliphatic heterocycles. The first kappa shape index (κ1) is 11.4. The van der Waals surface area contributed by atoms with Crippen molar-refractivity contribution in [1.82, 2.24) is 5.32 Å². The molecule has 0 saturated heterocycles. The predicted molar refractivity (Wildman–Crippen MR) is 62.5 cm³/mol. The van der Waals surface area contributed by atoms with Gasteiger partial charge in [0.1, 0.15) is 0 Å². The van der Waals surface area contributed by atoms with E-state index in [9.17, 15) is 0 Å². The second kappa shape index (κ2) is 6.72. The summed E-state index contributed by atoms with van der Waals surface area (Å²) in [4.78, 5) is 0. The third-order valence-corrected chi connectivity index (χ3v) is 3.94. The zero-order chi connectivity index (χ0) is 9.52. The van der Waals surface area contributed by atoms with Crippen LogP contribution in [0.3, 0.4) is 0 Å². The molecule has 0 unspecified atom stereocenters. The van der Waals surface area contributed by atoms with E-state index in [0.29, 0.717) is 6.04 Å². The summed E-state index contributed by atoms with van der Waals surface area (Å²) in [5, 5.41) is 4.44. The first-order valence-electron chi connectivity index (χ1n) is 5.64. The molecule has 0 heterocycles. The van der Waals surface area contributed by atoms with E-state index in [2.05, 4.69) is 30.9 Å². The fraction of sp³-hybridized carbons (Fsp3) is 1.00. The molecule has 2 heteroatoms. The van der Waals surface area contributed by atoms with E-state index in [1.165, 1.54) is 44.4 Å². The average Bonchev–Trinajstić information content (AvgIpc) is 2.14. The monoisotopic (exact) mass is 201 g/mol. The van der Waals surface area contributed by atoms with Gasteiger partial charge >= 0.3 is 0 Å². The van der Waals surface area contributed by atoms with Gasteiger partial charge in [-0.1, -0.05) is 33.1 Å². The van der Waals surface area contributed by atoms with E-state index in [4.69, 9.17) is 0 Å². The van der Waals surface area contributed by atoms with Crippen molar-refractivity contribution in [2.24, 2.45) is 0 Å². The van der Waals surface area contributed by atoms with Crippen molar-refractivity contribution in [2.75, 3.05) is 12.3 Å². The molecule has 0 atom stereocenters. The highest BCUT2D eigenvalue weighted by atomic mass is 32.2. The van der Waals surface area contributed by atoms with Gasteiger partial charge in [-0.05, 0) is 12.8 Å². The highest BCUT2D eigenvalue weighted by Crippen LogP contribution is 2.27. The minimum atomic E-state index is 0.645. The van der Waals surface area contributed by atoms with E-state index < -0.39 is 0 Å². The SMILES string of the molecule is CC(C)NCCSC1CCCCC1. The molecular formula is C11H23NS. The standard InChI is InChI=1S/C11H23NS/c1-10(2)12-8-9-13-11-6-4-3-5-7-11/h10-12H,3-9H2,1-2H3. The van der Waals surface area contributed by atoms with Crippen LogP contribution in [0.2, 0.25) is 0 Å². The lowest BCUT2D eigenvalue weighted by Gasteiger charge is -2.21. The molecule has 1 nitrogen and oxygen atoms in total. The summed E-state index contributed by atoms with van der Waals surface area (Å²) < 4.78 is 0. The van der Waals surface area contributed by atoms with Crippen LogP contribution in [0, 0.1) is 0 Å². The van der Waals surface area contributed by atoms with Crippen LogP contribution in [0.4, 0.5) is 0 Å². The quantitative estimate of drug-likeness (QED) is 0.686. The Morgan fingerprint density at radius 2 is 1.92 bits per heavy atom. The zero-order valence-corrected chi connectivity index (χ0v) is 9.83. The zero-order valence-electron chi connectivity index (χ0n) is 9.01. The maximum Gasteiger partial charge on any atom is 0.00609 e. The molecule has 1 rings (SSSR count). The Morgan fingerprint density at radius 1 is 1.23 bits per heavy atom. The lowest BCUT2D eigenvalue weighted by Crippen LogP contribution is -2.25. The molecule has 0 spiro atoms. The van der Waals surface area contributed by atoms with Crippen LogP contribution in [0.15, 0.2) is 0 Å². The fourth-order valence-corrected chi connectivity index (χ4v) is 3.04. The molecule has 0 radical (unpaired) electrons. The molecular weight excluding hydrogens is 178 g/mol. The molecule has 13 heavy (non-hydrogen) atoms. The van der Waals surface area contributed by atoms with Crippen LogP contribution in [0.25, 0.3) is 0 Å². The van der Waals surface area contributed by atoms with Gasteiger partial charge in [0, 0.05) is 23.6 Å². The minimum absolute atomic E-state index is 0.645. The lowest BCUT2D eigenvalue weighted by atomic mass is 10.0. The molecule has 1 aliphatic rings. The number of hydrogen-bond donors (Lipinski definition) is 1. The number of rotatable bonds is 5. The topological polar surface area (TPSA) is 12.0 Å². The number of hydrogen-bond acceptors (Lipinski definition) is 2. The largest absolute Gasteiger partial charge is 0.314 e. The van der Waals surface area contributed by atoms with Gasteiger partial charge in [-0.3, -0.25) is 0 Å². The Bertz CT molecular complexity index is 119. The molecule has 1 saturated carbocycles. The molecule has 78 valence electrons. The maximum atomic E-state index is 3.46. The molecule has 0 bridgehead atoms. The van der Waals surface area contributed by atoms with Crippen molar-refractivity contribution in [3.8, 4) is 0 Å². The minimum Gasteiger partial charge on any atom is -0.314 e. The van der Waals surface area contributed by atoms with Crippen molar-refractivity contribution in [3.05, 3.63) is 0 Å². The molecule has 0 aromatic carbocycles. The molecule has 1 N–H and O–H groups in total. The van der Waals surface area contributed by atoms with E-state index >= 15 is 0 Å². The van der Waals surface area contributed by atoms with E-state index in [1.54, 1.807) is 0 Å². The Labute approximate surface area is 87.1 Å². The number of nitrogens with one attached hydrogen (secondary N) is 1. The summed E-state index contributed by atoms with van der Waals surface area (Å²) in [7, 11) is 0. The van der Waals surface area contributed by atoms with Gasteiger partial charge in [-0.15, -0.1) is 0 Å². The second-order valence-corrected chi connectivity index (χ2v) is 5.65. The van der Waals surface area contributed by atoms with Crippen molar-refractivity contribution >= 4 is 11.8 Å². The van der Waals surface area contributed by atoms with Gasteiger partial charge in [0.15, 0.2) is 0 Å². The van der Waals surface area contributed by atoms with Crippen molar-refractivity contribution in [1.29, 1.82) is 0 Å². The van der Waals surface area contributed by atoms with Gasteiger partial charge < -0.3 is 5.32 Å². The fourth-order valence-electron chi connectivity index (χ4n) is 1.80. The summed E-state index contributed by atoms with van der Waals surface area (Å²) in [5.41, 5.74) is 0. The van der Waals surface area contributed by atoms with Gasteiger partial charge in [0.05, 0.1) is 0 Å². The molecule has 1 aliphatic carbocycles. The van der Waals surface area contributed by atoms with Crippen LogP contribution < -0.4 is 5.32 Å². The first-order chi connectivity index (χ1) is 6.29. The third kappa shape index (κ3) is 5.58. The van der Waals surface area contributed by atoms with Gasteiger partial charge in [-0.2, -0.15) is 11.8 Å². The average molecular weight is 201 g/mol. The Morgan fingerprint density at radius 3 is 2.54 bits per heavy atom. The van der Waals surface area contributed by atoms with E-state index in [1.807, 2.05) is 0 Å². The van der Waals surface area contributed by atoms with E-state index in [-0.39, 0.29) is 0 Å². The molecule has 1 fully saturated rings. The lowest BCUT2D eigenvalue weighted by molar-refractivity contribution is 0.515. The van der Waals surface area contributed by atoms with Crippen LogP contribution in [0.1, 0.15) is 46.0 Å². The second-order valence-electron chi connectivity index (χ2n) is 4.24. The summed E-state index contributed by atoms with van der Waals surface area (Å²) >= 11 is 2.18. The van der Waals surface area contributed by atoms with Crippen LogP contribution in [-0.2, 0) is 0 Å². The molecule has 0 aromatic heterocycles. The summed E-state index contributed by atoms with van der Waals surface area (Å²) in [5.74, 6) is 1.29. The summed E-state index contributed by atoms with van der Waals surface area (Å²) in [6.45, 7) is 5.61. The first-order valence-corrected chi connectivity index (χ1v) is 6.69. The van der Waals surface area contributed by atoms with Crippen molar-refractivity contribution < 1.29 is 0 Å². The van der Waals surface area contributed by atoms with Crippen LogP contribution in [0.5, 0.6) is 0 Å². The van der Waals surface area contributed by atoms with Gasteiger partial charge in [0.25, 0.3) is 0 Å². The Hall–Kier alpha value is 0.310. The molecule has 0 aromatic rings. The number of thioether (sulfide) groups is 1. The molecule has 0 amide bonds. The maximum absolute atomic E-state index is 3.46. The van der Waals surface area contributed by atoms with Crippen LogP contribution in [-0.4, -0.2) is 23.6 Å². The van der Waals surface area contributed by atoms with Crippen LogP contribution >= 0.6 is 11.8 Å². The highest BCUT2D eigenvalue weighted by Gasteiger charge is 2.12. The van der Waals surface area contributed by atoms with Crippen molar-refractivity contribution in [3.63, 3.8) is 0 Å². The summed E-state index contributed by atoms with van der Waals surface area (Å²) in [6, 6.07) is 0.645. The van der Waals surface area contributed by atoms with Gasteiger partial charge in [0.2, 0.25) is 0 Å². The Kier molecular flexibility index (Phi) is 5.88. The third-order valence-electron chi connectivity index (χ3n) is 2.56. The van der Waals surface area contributed by atoms with Crippen molar-refractivity contribution in [2.45, 2.75) is 57.2 Å².